The topological polar surface area (TPSA) is 107 Å². The molecule has 1 aromatic carbocycles. The second-order valence-corrected chi connectivity index (χ2v) is 7.00. The van der Waals surface area contributed by atoms with Crippen molar-refractivity contribution in [2.75, 3.05) is 6.61 Å². The number of urea groups is 1. The minimum Gasteiger partial charge on any atom is -0.462 e. The molecule has 1 aliphatic heterocycles. The maximum atomic E-state index is 12.7. The van der Waals surface area contributed by atoms with E-state index in [2.05, 4.69) is 10.6 Å². The number of esters is 2. The summed E-state index contributed by atoms with van der Waals surface area (Å²) in [7, 11) is 0. The quantitative estimate of drug-likeness (QED) is 0.571. The Labute approximate surface area is 167 Å². The van der Waals surface area contributed by atoms with E-state index in [1.54, 1.807) is 37.3 Å². The van der Waals surface area contributed by atoms with E-state index in [9.17, 15) is 14.4 Å². The summed E-state index contributed by atoms with van der Waals surface area (Å²) < 4.78 is 15.7. The normalized spacial score (nSPS) is 16.3. The van der Waals surface area contributed by atoms with Gasteiger partial charge in [-0.2, -0.15) is 0 Å². The van der Waals surface area contributed by atoms with Gasteiger partial charge in [-0.05, 0) is 42.7 Å². The minimum atomic E-state index is -0.745. The Morgan fingerprint density at radius 2 is 1.97 bits per heavy atom. The van der Waals surface area contributed by atoms with E-state index < -0.39 is 24.0 Å². The van der Waals surface area contributed by atoms with Crippen molar-refractivity contribution in [2.45, 2.75) is 26.8 Å². The summed E-state index contributed by atoms with van der Waals surface area (Å²) in [4.78, 5) is 36.8. The lowest BCUT2D eigenvalue weighted by atomic mass is 9.95. The van der Waals surface area contributed by atoms with Crippen molar-refractivity contribution in [1.82, 2.24) is 10.6 Å². The summed E-state index contributed by atoms with van der Waals surface area (Å²) in [6.07, 6.45) is 1.38. The van der Waals surface area contributed by atoms with Crippen molar-refractivity contribution in [3.05, 3.63) is 65.3 Å². The largest absolute Gasteiger partial charge is 0.462 e. The van der Waals surface area contributed by atoms with Crippen molar-refractivity contribution in [3.63, 3.8) is 0 Å². The number of furan rings is 1. The Balaban J connectivity index is 1.86. The first kappa shape index (κ1) is 20.2. The van der Waals surface area contributed by atoms with Crippen molar-refractivity contribution < 1.29 is 28.3 Å². The van der Waals surface area contributed by atoms with E-state index >= 15 is 0 Å². The Morgan fingerprint density at radius 1 is 1.17 bits per heavy atom. The number of benzene rings is 1. The molecular formula is C21H22N2O6. The molecule has 1 aromatic heterocycles. The third-order valence-electron chi connectivity index (χ3n) is 4.16. The molecule has 2 aromatic rings. The van der Waals surface area contributed by atoms with E-state index in [0.29, 0.717) is 16.8 Å². The van der Waals surface area contributed by atoms with Gasteiger partial charge in [-0.25, -0.2) is 14.4 Å². The second-order valence-electron chi connectivity index (χ2n) is 7.00. The molecule has 0 radical (unpaired) electrons. The third kappa shape index (κ3) is 4.84. The summed E-state index contributed by atoms with van der Waals surface area (Å²) >= 11 is 0. The fourth-order valence-electron chi connectivity index (χ4n) is 2.84. The average molecular weight is 398 g/mol. The molecule has 8 heteroatoms. The lowest BCUT2D eigenvalue weighted by molar-refractivity contribution is -0.140. The molecule has 2 amide bonds. The minimum absolute atomic E-state index is 0.0688. The lowest BCUT2D eigenvalue weighted by Gasteiger charge is -2.28. The Hall–Kier alpha value is -3.55. The van der Waals surface area contributed by atoms with Gasteiger partial charge in [-0.3, -0.25) is 0 Å². The first-order valence-electron chi connectivity index (χ1n) is 9.16. The number of rotatable bonds is 6. The predicted molar refractivity (Wildman–Crippen MR) is 103 cm³/mol. The highest BCUT2D eigenvalue weighted by atomic mass is 16.5. The van der Waals surface area contributed by atoms with E-state index in [1.807, 2.05) is 13.8 Å². The molecule has 8 nitrogen and oxygen atoms in total. The van der Waals surface area contributed by atoms with Crippen LogP contribution in [-0.2, 0) is 9.53 Å². The average Bonchev–Trinajstić information content (AvgIpc) is 3.20. The van der Waals surface area contributed by atoms with Crippen LogP contribution in [0.15, 0.2) is 58.3 Å². The monoisotopic (exact) mass is 398 g/mol. The van der Waals surface area contributed by atoms with Crippen LogP contribution in [0.4, 0.5) is 4.79 Å². The van der Waals surface area contributed by atoms with Gasteiger partial charge in [-0.1, -0.05) is 26.0 Å². The van der Waals surface area contributed by atoms with E-state index in [1.165, 1.54) is 12.3 Å². The predicted octanol–water partition coefficient (Wildman–Crippen LogP) is 3.33. The number of allylic oxidation sites excluding steroid dienone is 1. The van der Waals surface area contributed by atoms with Crippen LogP contribution in [0.1, 0.15) is 42.9 Å². The van der Waals surface area contributed by atoms with Gasteiger partial charge in [0.2, 0.25) is 5.76 Å². The van der Waals surface area contributed by atoms with Gasteiger partial charge in [0.15, 0.2) is 0 Å². The molecule has 0 saturated carbocycles. The fraction of sp³-hybridized carbons (Fsp3) is 0.286. The zero-order chi connectivity index (χ0) is 21.0. The molecule has 1 aliphatic rings. The van der Waals surface area contributed by atoms with Gasteiger partial charge in [0.25, 0.3) is 0 Å². The van der Waals surface area contributed by atoms with Gasteiger partial charge >= 0.3 is 18.0 Å². The van der Waals surface area contributed by atoms with E-state index in [-0.39, 0.29) is 24.0 Å². The highest BCUT2D eigenvalue weighted by Crippen LogP contribution is 2.30. The molecule has 3 rings (SSSR count). The highest BCUT2D eigenvalue weighted by molar-refractivity contribution is 5.95. The SMILES string of the molecule is CC1=C(C(=O)OCC(C)C)C(c2cccc(OC(=O)c3ccco3)c2)NC(=O)N1. The molecule has 0 saturated heterocycles. The standard InChI is InChI=1S/C21H22N2O6/c1-12(2)11-28-20(25)17-13(3)22-21(26)23-18(17)14-6-4-7-15(10-14)29-19(24)16-8-5-9-27-16/h4-10,12,18H,11H2,1-3H3,(H2,22,23,26). The Bertz CT molecular complexity index is 946. The van der Waals surface area contributed by atoms with Crippen LogP contribution in [0.5, 0.6) is 5.75 Å². The Morgan fingerprint density at radius 3 is 2.66 bits per heavy atom. The van der Waals surface area contributed by atoms with Crippen LogP contribution in [0.3, 0.4) is 0 Å². The summed E-state index contributed by atoms with van der Waals surface area (Å²) in [6.45, 7) is 5.77. The van der Waals surface area contributed by atoms with E-state index in [4.69, 9.17) is 13.9 Å². The molecule has 0 fully saturated rings. The summed E-state index contributed by atoms with van der Waals surface area (Å²) in [6, 6.07) is 8.47. The lowest BCUT2D eigenvalue weighted by Crippen LogP contribution is -2.45. The highest BCUT2D eigenvalue weighted by Gasteiger charge is 2.32. The van der Waals surface area contributed by atoms with Crippen molar-refractivity contribution in [1.29, 1.82) is 0 Å². The van der Waals surface area contributed by atoms with Gasteiger partial charge in [-0.15, -0.1) is 0 Å². The third-order valence-corrected chi connectivity index (χ3v) is 4.16. The van der Waals surface area contributed by atoms with Crippen LogP contribution < -0.4 is 15.4 Å². The fourth-order valence-corrected chi connectivity index (χ4v) is 2.84. The maximum Gasteiger partial charge on any atom is 0.379 e. The van der Waals surface area contributed by atoms with E-state index in [0.717, 1.165) is 0 Å². The first-order chi connectivity index (χ1) is 13.8. The zero-order valence-electron chi connectivity index (χ0n) is 16.4. The summed E-state index contributed by atoms with van der Waals surface area (Å²) in [5.74, 6) is -0.672. The summed E-state index contributed by atoms with van der Waals surface area (Å²) in [5, 5.41) is 5.32. The molecule has 0 bridgehead atoms. The molecule has 152 valence electrons. The van der Waals surface area contributed by atoms with Crippen LogP contribution in [-0.4, -0.2) is 24.6 Å². The molecule has 29 heavy (non-hydrogen) atoms. The molecule has 0 aliphatic carbocycles. The smallest absolute Gasteiger partial charge is 0.379 e. The number of nitrogens with one attached hydrogen (secondary N) is 2. The zero-order valence-corrected chi connectivity index (χ0v) is 16.4. The number of hydrogen-bond donors (Lipinski definition) is 2. The number of ether oxygens (including phenoxy) is 2. The van der Waals surface area contributed by atoms with Gasteiger partial charge in [0.05, 0.1) is 24.5 Å². The van der Waals surface area contributed by atoms with Crippen LogP contribution >= 0.6 is 0 Å². The molecule has 0 spiro atoms. The number of amides is 2. The van der Waals surface area contributed by atoms with Crippen molar-refractivity contribution >= 4 is 18.0 Å². The number of carbonyl (C=O) groups is 3. The molecular weight excluding hydrogens is 376 g/mol. The number of carbonyl (C=O) groups excluding carboxylic acids is 3. The van der Waals surface area contributed by atoms with Gasteiger partial charge in [0.1, 0.15) is 5.75 Å². The molecule has 2 heterocycles. The van der Waals surface area contributed by atoms with Crippen molar-refractivity contribution in [3.8, 4) is 5.75 Å². The summed E-state index contributed by atoms with van der Waals surface area (Å²) in [5.41, 5.74) is 1.27. The molecule has 2 N–H and O–H groups in total. The maximum absolute atomic E-state index is 12.7. The van der Waals surface area contributed by atoms with Crippen LogP contribution in [0.25, 0.3) is 0 Å². The first-order valence-corrected chi connectivity index (χ1v) is 9.16. The molecule has 1 unspecified atom stereocenters. The van der Waals surface area contributed by atoms with Crippen molar-refractivity contribution in [2.24, 2.45) is 5.92 Å². The Kier molecular flexibility index (Phi) is 6.01. The second kappa shape index (κ2) is 8.64. The molecule has 1 atom stereocenters. The van der Waals surface area contributed by atoms with Crippen LogP contribution in [0.2, 0.25) is 0 Å². The van der Waals surface area contributed by atoms with Crippen LogP contribution in [0, 0.1) is 5.92 Å². The number of hydrogen-bond acceptors (Lipinski definition) is 6. The van der Waals surface area contributed by atoms with Gasteiger partial charge < -0.3 is 24.5 Å². The van der Waals surface area contributed by atoms with Gasteiger partial charge in [0, 0.05) is 5.70 Å².